The Kier molecular flexibility index (Phi) is 0.906. The van der Waals surface area contributed by atoms with Gasteiger partial charge < -0.3 is 4.84 Å². The van der Waals surface area contributed by atoms with E-state index in [0.29, 0.717) is 0 Å². The third-order valence-electron chi connectivity index (χ3n) is 0.971. The molecule has 0 amide bonds. The normalized spacial score (nSPS) is 19.1. The summed E-state index contributed by atoms with van der Waals surface area (Å²) in [6, 6.07) is 0. The van der Waals surface area contributed by atoms with E-state index < -0.39 is 0 Å². The summed E-state index contributed by atoms with van der Waals surface area (Å²) >= 11 is 0. The Labute approximate surface area is 42.3 Å². The highest BCUT2D eigenvalue weighted by Gasteiger charge is 2.02. The van der Waals surface area contributed by atoms with Gasteiger partial charge >= 0.3 is 0 Å². The molecule has 0 atom stereocenters. The molecule has 0 spiro atoms. The van der Waals surface area contributed by atoms with Gasteiger partial charge in [0.15, 0.2) is 0 Å². The lowest BCUT2D eigenvalue weighted by Gasteiger charge is -1.90. The fraction of sp³-hybridized carbons (Fsp3) is 0.500. The highest BCUT2D eigenvalue weighted by Crippen LogP contribution is 2.02. The quantitative estimate of drug-likeness (QED) is 0.458. The zero-order valence-corrected chi connectivity index (χ0v) is 4.41. The predicted molar refractivity (Wildman–Crippen MR) is 25.7 cm³/mol. The lowest BCUT2D eigenvalue weighted by atomic mass is 10.4. The summed E-state index contributed by atoms with van der Waals surface area (Å²) in [6.45, 7) is 3.83. The number of hydrogen-bond acceptors (Lipinski definition) is 3. The molecule has 40 valence electrons. The lowest BCUT2D eigenvalue weighted by molar-refractivity contribution is 0.113. The van der Waals surface area contributed by atoms with Gasteiger partial charge in [0.2, 0.25) is 0 Å². The monoisotopic (exact) mass is 100 g/mol. The Hall–Kier alpha value is -0.700. The second-order valence-corrected chi connectivity index (χ2v) is 1.51. The van der Waals surface area contributed by atoms with Crippen LogP contribution in [0.4, 0.5) is 0 Å². The molecule has 0 aromatic carbocycles. The number of allylic oxidation sites excluding steroid dienone is 2. The maximum atomic E-state index is 4.78. The summed E-state index contributed by atoms with van der Waals surface area (Å²) in [6.07, 6.45) is 0. The Morgan fingerprint density at radius 3 is 2.29 bits per heavy atom. The highest BCUT2D eigenvalue weighted by atomic mass is 16.7. The predicted octanol–water partition coefficient (Wildman–Crippen LogP) is 0.277. The molecule has 0 unspecified atom stereocenters. The number of hydrogen-bond donors (Lipinski definition) is 2. The van der Waals surface area contributed by atoms with E-state index in [9.17, 15) is 0 Å². The first-order valence-corrected chi connectivity index (χ1v) is 2.16. The summed E-state index contributed by atoms with van der Waals surface area (Å²) in [7, 11) is 0. The Morgan fingerprint density at radius 2 is 2.14 bits per heavy atom. The molecule has 0 saturated carbocycles. The largest absolute Gasteiger partial charge is 0.392 e. The van der Waals surface area contributed by atoms with Crippen LogP contribution in [0.2, 0.25) is 0 Å². The Balaban J connectivity index is 2.64. The van der Waals surface area contributed by atoms with Crippen LogP contribution < -0.4 is 11.0 Å². The van der Waals surface area contributed by atoms with Crippen LogP contribution in [0, 0.1) is 0 Å². The molecule has 1 heterocycles. The van der Waals surface area contributed by atoms with Crippen molar-refractivity contribution in [1.29, 1.82) is 0 Å². The summed E-state index contributed by atoms with van der Waals surface area (Å²) in [5.41, 5.74) is 6.32. The molecule has 1 aliphatic heterocycles. The van der Waals surface area contributed by atoms with E-state index in [4.69, 9.17) is 4.84 Å². The zero-order chi connectivity index (χ0) is 5.28. The van der Waals surface area contributed by atoms with E-state index in [0.717, 1.165) is 11.5 Å². The van der Waals surface area contributed by atoms with Crippen molar-refractivity contribution in [2.75, 3.05) is 0 Å². The van der Waals surface area contributed by atoms with Gasteiger partial charge in [0.05, 0.1) is 5.70 Å². The van der Waals surface area contributed by atoms with E-state index in [1.807, 2.05) is 13.8 Å². The Morgan fingerprint density at radius 1 is 1.43 bits per heavy atom. The molecule has 0 radical (unpaired) electrons. The van der Waals surface area contributed by atoms with Gasteiger partial charge in [-0.2, -0.15) is 0 Å². The molecule has 3 nitrogen and oxygen atoms in total. The van der Waals surface area contributed by atoms with Crippen molar-refractivity contribution in [3.63, 3.8) is 0 Å². The van der Waals surface area contributed by atoms with Gasteiger partial charge in [-0.15, -0.1) is 0 Å². The standard InChI is InChI=1S/C4H8N2O/c1-3-4(2)7-6-5-3/h5-6H,1-2H3. The average Bonchev–Trinajstić information content (AvgIpc) is 1.91. The van der Waals surface area contributed by atoms with Crippen LogP contribution in [0.1, 0.15) is 13.8 Å². The van der Waals surface area contributed by atoms with Gasteiger partial charge in [0.1, 0.15) is 5.76 Å². The molecular formula is C4H8N2O. The Bertz CT molecular complexity index is 96.3. The minimum Gasteiger partial charge on any atom is -0.392 e. The molecule has 3 heteroatoms. The minimum atomic E-state index is 0.903. The molecule has 0 aromatic rings. The molecule has 1 rings (SSSR count). The van der Waals surface area contributed by atoms with E-state index in [1.54, 1.807) is 0 Å². The van der Waals surface area contributed by atoms with Crippen molar-refractivity contribution < 1.29 is 4.84 Å². The van der Waals surface area contributed by atoms with Gasteiger partial charge in [-0.25, -0.2) is 0 Å². The maximum absolute atomic E-state index is 4.78. The van der Waals surface area contributed by atoms with Crippen LogP contribution in [0.25, 0.3) is 0 Å². The second-order valence-electron chi connectivity index (χ2n) is 1.51. The zero-order valence-electron chi connectivity index (χ0n) is 4.41. The second kappa shape index (κ2) is 1.42. The first-order valence-electron chi connectivity index (χ1n) is 2.16. The molecule has 1 aliphatic rings. The van der Waals surface area contributed by atoms with E-state index in [-0.39, 0.29) is 0 Å². The van der Waals surface area contributed by atoms with E-state index in [2.05, 4.69) is 11.0 Å². The topological polar surface area (TPSA) is 33.3 Å². The fourth-order valence-corrected chi connectivity index (χ4v) is 0.343. The lowest BCUT2D eigenvalue weighted by Crippen LogP contribution is -2.21. The van der Waals surface area contributed by atoms with Gasteiger partial charge in [0, 0.05) is 0 Å². The molecular weight excluding hydrogens is 92.1 g/mol. The van der Waals surface area contributed by atoms with Crippen LogP contribution in [-0.4, -0.2) is 0 Å². The van der Waals surface area contributed by atoms with Crippen molar-refractivity contribution in [2.45, 2.75) is 13.8 Å². The van der Waals surface area contributed by atoms with Crippen LogP contribution in [0.3, 0.4) is 0 Å². The van der Waals surface area contributed by atoms with Crippen LogP contribution in [0.5, 0.6) is 0 Å². The van der Waals surface area contributed by atoms with E-state index in [1.165, 1.54) is 0 Å². The van der Waals surface area contributed by atoms with Crippen LogP contribution >= 0.6 is 0 Å². The summed E-state index contributed by atoms with van der Waals surface area (Å²) in [4.78, 5) is 4.78. The maximum Gasteiger partial charge on any atom is 0.143 e. The summed E-state index contributed by atoms with van der Waals surface area (Å²) in [5, 5.41) is 0. The first-order chi connectivity index (χ1) is 3.30. The number of nitrogens with one attached hydrogen (secondary N) is 2. The van der Waals surface area contributed by atoms with Gasteiger partial charge in [-0.3, -0.25) is 5.43 Å². The van der Waals surface area contributed by atoms with Gasteiger partial charge in [-0.05, 0) is 13.8 Å². The van der Waals surface area contributed by atoms with Gasteiger partial charge in [0.25, 0.3) is 0 Å². The van der Waals surface area contributed by atoms with Gasteiger partial charge in [-0.1, -0.05) is 5.59 Å². The SMILES string of the molecule is CC1=C(C)ONN1. The summed E-state index contributed by atoms with van der Waals surface area (Å²) in [5.74, 6) is 0.903. The molecule has 0 aliphatic carbocycles. The number of hydrazine groups is 1. The fourth-order valence-electron chi connectivity index (χ4n) is 0.343. The third-order valence-corrected chi connectivity index (χ3v) is 0.971. The third kappa shape index (κ3) is 0.667. The van der Waals surface area contributed by atoms with Crippen molar-refractivity contribution in [3.8, 4) is 0 Å². The van der Waals surface area contributed by atoms with Crippen molar-refractivity contribution >= 4 is 0 Å². The van der Waals surface area contributed by atoms with Crippen molar-refractivity contribution in [2.24, 2.45) is 0 Å². The van der Waals surface area contributed by atoms with Crippen LogP contribution in [-0.2, 0) is 4.84 Å². The minimum absolute atomic E-state index is 0.903. The van der Waals surface area contributed by atoms with Crippen LogP contribution in [0.15, 0.2) is 11.5 Å². The smallest absolute Gasteiger partial charge is 0.143 e. The van der Waals surface area contributed by atoms with E-state index >= 15 is 0 Å². The average molecular weight is 100 g/mol. The van der Waals surface area contributed by atoms with Crippen molar-refractivity contribution in [1.82, 2.24) is 11.0 Å². The molecule has 7 heavy (non-hydrogen) atoms. The first kappa shape index (κ1) is 4.46. The molecule has 0 bridgehead atoms. The molecule has 0 saturated heterocycles. The molecule has 2 N–H and O–H groups in total. The summed E-state index contributed by atoms with van der Waals surface area (Å²) < 4.78 is 0. The number of rotatable bonds is 0. The highest BCUT2D eigenvalue weighted by molar-refractivity contribution is 5.01. The van der Waals surface area contributed by atoms with Crippen molar-refractivity contribution in [3.05, 3.63) is 11.5 Å². The molecule has 0 fully saturated rings. The molecule has 0 aromatic heterocycles.